The molecule has 1 aliphatic rings. The molecule has 1 N–H and O–H groups in total. The maximum Gasteiger partial charge on any atom is 0.0585 e. The van der Waals surface area contributed by atoms with E-state index in [-0.39, 0.29) is 6.10 Å². The molecule has 0 aliphatic heterocycles. The van der Waals surface area contributed by atoms with Gasteiger partial charge in [0.25, 0.3) is 0 Å². The van der Waals surface area contributed by atoms with Crippen molar-refractivity contribution in [2.24, 2.45) is 23.7 Å². The molecule has 1 aliphatic carbocycles. The van der Waals surface area contributed by atoms with Crippen LogP contribution in [0.2, 0.25) is 0 Å². The monoisotopic (exact) mass is 283 g/mol. The highest BCUT2D eigenvalue weighted by Gasteiger charge is 2.34. The predicted molar refractivity (Wildman–Crippen MR) is 87.8 cm³/mol. The summed E-state index contributed by atoms with van der Waals surface area (Å²) in [6.07, 6.45) is 4.61. The lowest BCUT2D eigenvalue weighted by Gasteiger charge is -2.42. The molecule has 0 amide bonds. The highest BCUT2D eigenvalue weighted by atomic mass is 16.3. The van der Waals surface area contributed by atoms with Gasteiger partial charge in [-0.2, -0.15) is 0 Å². The minimum atomic E-state index is -0.0993. The number of hydrogen-bond donors (Lipinski definition) is 1. The summed E-state index contributed by atoms with van der Waals surface area (Å²) in [6, 6.07) is 0.677. The molecule has 0 heterocycles. The first-order valence-electron chi connectivity index (χ1n) is 8.81. The molecule has 0 saturated heterocycles. The van der Waals surface area contributed by atoms with Crippen LogP contribution in [0.3, 0.4) is 0 Å². The second kappa shape index (κ2) is 8.38. The van der Waals surface area contributed by atoms with Gasteiger partial charge >= 0.3 is 0 Å². The fourth-order valence-electron chi connectivity index (χ4n) is 4.09. The summed E-state index contributed by atoms with van der Waals surface area (Å²) in [6.45, 7) is 16.1. The van der Waals surface area contributed by atoms with Gasteiger partial charge in [-0.3, -0.25) is 4.90 Å². The van der Waals surface area contributed by atoms with Crippen LogP contribution in [0.1, 0.15) is 67.2 Å². The number of hydrogen-bond acceptors (Lipinski definition) is 2. The third-order valence-corrected chi connectivity index (χ3v) is 5.15. The zero-order valence-electron chi connectivity index (χ0n) is 14.6. The Labute approximate surface area is 126 Å². The summed E-state index contributed by atoms with van der Waals surface area (Å²) >= 11 is 0. The molecule has 2 nitrogen and oxygen atoms in total. The Kier molecular flexibility index (Phi) is 7.53. The van der Waals surface area contributed by atoms with E-state index in [2.05, 4.69) is 46.4 Å². The van der Waals surface area contributed by atoms with E-state index in [1.165, 1.54) is 19.3 Å². The number of aliphatic hydroxyl groups is 1. The van der Waals surface area contributed by atoms with Crippen molar-refractivity contribution in [2.75, 3.05) is 13.1 Å². The Morgan fingerprint density at radius 3 is 2.15 bits per heavy atom. The molecule has 0 aromatic heterocycles. The second-order valence-corrected chi connectivity index (χ2v) is 7.60. The first-order chi connectivity index (χ1) is 9.38. The van der Waals surface area contributed by atoms with Crippen molar-refractivity contribution in [3.8, 4) is 0 Å². The van der Waals surface area contributed by atoms with Crippen LogP contribution in [-0.4, -0.2) is 35.2 Å². The van der Waals surface area contributed by atoms with E-state index in [1.54, 1.807) is 0 Å². The topological polar surface area (TPSA) is 23.5 Å². The van der Waals surface area contributed by atoms with Crippen molar-refractivity contribution in [3.05, 3.63) is 0 Å². The summed E-state index contributed by atoms with van der Waals surface area (Å²) in [4.78, 5) is 2.66. The molecule has 20 heavy (non-hydrogen) atoms. The molecular weight excluding hydrogens is 246 g/mol. The first-order valence-corrected chi connectivity index (χ1v) is 8.81. The van der Waals surface area contributed by atoms with Crippen molar-refractivity contribution in [1.82, 2.24) is 4.90 Å². The molecule has 0 radical (unpaired) electrons. The predicted octanol–water partition coefficient (Wildman–Crippen LogP) is 4.18. The van der Waals surface area contributed by atoms with Crippen LogP contribution in [0, 0.1) is 23.7 Å². The van der Waals surface area contributed by atoms with Crippen LogP contribution in [-0.2, 0) is 0 Å². The fraction of sp³-hybridized carbons (Fsp3) is 1.00. The zero-order valence-corrected chi connectivity index (χ0v) is 14.6. The quantitative estimate of drug-likeness (QED) is 0.758. The molecular formula is C18H37NO. The van der Waals surface area contributed by atoms with Gasteiger partial charge < -0.3 is 5.11 Å². The largest absolute Gasteiger partial charge is 0.393 e. The van der Waals surface area contributed by atoms with Gasteiger partial charge in [0.15, 0.2) is 0 Å². The number of nitrogens with zero attached hydrogens (tertiary/aromatic N) is 1. The summed E-state index contributed by atoms with van der Waals surface area (Å²) in [5, 5.41) is 10.5. The number of aliphatic hydroxyl groups excluding tert-OH is 1. The molecule has 1 saturated carbocycles. The smallest absolute Gasteiger partial charge is 0.0585 e. The summed E-state index contributed by atoms with van der Waals surface area (Å²) in [5.74, 6) is 2.50. The van der Waals surface area contributed by atoms with Crippen LogP contribution in [0.5, 0.6) is 0 Å². The molecule has 4 unspecified atom stereocenters. The summed E-state index contributed by atoms with van der Waals surface area (Å²) < 4.78 is 0. The average Bonchev–Trinajstić information content (AvgIpc) is 2.34. The van der Waals surface area contributed by atoms with Crippen molar-refractivity contribution in [3.63, 3.8) is 0 Å². The second-order valence-electron chi connectivity index (χ2n) is 7.60. The molecule has 1 fully saturated rings. The Bertz CT molecular complexity index is 250. The molecule has 0 aromatic carbocycles. The molecule has 0 spiro atoms. The van der Waals surface area contributed by atoms with Gasteiger partial charge in [-0.1, -0.05) is 41.5 Å². The highest BCUT2D eigenvalue weighted by molar-refractivity contribution is 4.86. The van der Waals surface area contributed by atoms with E-state index in [9.17, 15) is 5.11 Å². The maximum atomic E-state index is 10.5. The van der Waals surface area contributed by atoms with Gasteiger partial charge in [0, 0.05) is 25.0 Å². The standard InChI is InChI=1S/C18H37NO/c1-7-16(8-2)19(11-13(3)4)12-17-15(6)9-14(5)10-18(17)20/h13-18,20H,7-12H2,1-6H3. The van der Waals surface area contributed by atoms with Crippen molar-refractivity contribution in [2.45, 2.75) is 79.4 Å². The summed E-state index contributed by atoms with van der Waals surface area (Å²) in [5.41, 5.74) is 0. The van der Waals surface area contributed by atoms with Gasteiger partial charge in [-0.05, 0) is 43.4 Å². The maximum absolute atomic E-state index is 10.5. The van der Waals surface area contributed by atoms with Crippen LogP contribution < -0.4 is 0 Å². The van der Waals surface area contributed by atoms with E-state index in [1.807, 2.05) is 0 Å². The minimum Gasteiger partial charge on any atom is -0.393 e. The zero-order chi connectivity index (χ0) is 15.3. The summed E-state index contributed by atoms with van der Waals surface area (Å²) in [7, 11) is 0. The molecule has 1 rings (SSSR count). The Hall–Kier alpha value is -0.0800. The fourth-order valence-corrected chi connectivity index (χ4v) is 4.09. The molecule has 120 valence electrons. The van der Waals surface area contributed by atoms with Gasteiger partial charge in [0.05, 0.1) is 6.10 Å². The Balaban J connectivity index is 2.72. The average molecular weight is 283 g/mol. The van der Waals surface area contributed by atoms with Crippen molar-refractivity contribution >= 4 is 0 Å². The van der Waals surface area contributed by atoms with Crippen LogP contribution in [0.4, 0.5) is 0 Å². The van der Waals surface area contributed by atoms with Crippen LogP contribution >= 0.6 is 0 Å². The van der Waals surface area contributed by atoms with Crippen LogP contribution in [0.25, 0.3) is 0 Å². The van der Waals surface area contributed by atoms with E-state index in [4.69, 9.17) is 0 Å². The number of rotatable bonds is 7. The normalized spacial score (nSPS) is 31.5. The van der Waals surface area contributed by atoms with Gasteiger partial charge in [0.2, 0.25) is 0 Å². The lowest BCUT2D eigenvalue weighted by atomic mass is 9.73. The van der Waals surface area contributed by atoms with E-state index < -0.39 is 0 Å². The first kappa shape index (κ1) is 18.0. The minimum absolute atomic E-state index is 0.0993. The van der Waals surface area contributed by atoms with Crippen LogP contribution in [0.15, 0.2) is 0 Å². The van der Waals surface area contributed by atoms with E-state index in [0.717, 1.165) is 19.5 Å². The lowest BCUT2D eigenvalue weighted by Crippen LogP contribution is -2.47. The molecule has 0 aromatic rings. The van der Waals surface area contributed by atoms with Crippen molar-refractivity contribution < 1.29 is 5.11 Å². The molecule has 4 atom stereocenters. The van der Waals surface area contributed by atoms with E-state index in [0.29, 0.717) is 29.7 Å². The van der Waals surface area contributed by atoms with Crippen molar-refractivity contribution in [1.29, 1.82) is 0 Å². The Morgan fingerprint density at radius 1 is 1.10 bits per heavy atom. The van der Waals surface area contributed by atoms with Gasteiger partial charge in [0.1, 0.15) is 0 Å². The van der Waals surface area contributed by atoms with E-state index >= 15 is 0 Å². The van der Waals surface area contributed by atoms with Gasteiger partial charge in [-0.15, -0.1) is 0 Å². The highest BCUT2D eigenvalue weighted by Crippen LogP contribution is 2.35. The third kappa shape index (κ3) is 5.04. The lowest BCUT2D eigenvalue weighted by molar-refractivity contribution is -0.0121. The SMILES string of the molecule is CCC(CC)N(CC(C)C)CC1C(C)CC(C)CC1O. The molecule has 2 heteroatoms. The van der Waals surface area contributed by atoms with Gasteiger partial charge in [-0.25, -0.2) is 0 Å². The Morgan fingerprint density at radius 2 is 1.70 bits per heavy atom. The third-order valence-electron chi connectivity index (χ3n) is 5.15. The molecule has 0 bridgehead atoms.